The molecule has 0 saturated carbocycles. The molecule has 1 heterocycles. The Balaban J connectivity index is 2.21. The number of amides is 1. The highest BCUT2D eigenvalue weighted by atomic mass is 19.2. The first kappa shape index (κ1) is 12.7. The summed E-state index contributed by atoms with van der Waals surface area (Å²) in [5.74, 6) is -5.20. The predicted molar refractivity (Wildman–Crippen MR) is 57.8 cm³/mol. The Morgan fingerprint density at radius 3 is 2.68 bits per heavy atom. The summed E-state index contributed by atoms with van der Waals surface area (Å²) < 4.78 is 30.5. The number of nitrogens with zero attached hydrogens (tertiary/aromatic N) is 1. The highest BCUT2D eigenvalue weighted by Crippen LogP contribution is 2.17. The second-order valence-electron chi connectivity index (χ2n) is 3.44. The molecule has 0 aliphatic rings. The third-order valence-corrected chi connectivity index (χ3v) is 2.15. The van der Waals surface area contributed by atoms with Gasteiger partial charge in [0.05, 0.1) is 5.69 Å². The number of carbonyl (C=O) groups is 2. The van der Waals surface area contributed by atoms with Crippen molar-refractivity contribution in [2.75, 3.05) is 5.32 Å². The number of rotatable bonds is 3. The molecule has 19 heavy (non-hydrogen) atoms. The SMILES string of the molecule is O=C(Nc1cccc(F)c1F)c1cc(C(=O)O)on1. The molecule has 1 aromatic heterocycles. The van der Waals surface area contributed by atoms with Gasteiger partial charge < -0.3 is 14.9 Å². The van der Waals surface area contributed by atoms with E-state index in [0.29, 0.717) is 0 Å². The number of nitrogens with one attached hydrogen (secondary N) is 1. The van der Waals surface area contributed by atoms with Crippen LogP contribution in [0.15, 0.2) is 28.8 Å². The van der Waals surface area contributed by atoms with Crippen LogP contribution in [0.1, 0.15) is 21.0 Å². The van der Waals surface area contributed by atoms with E-state index in [4.69, 9.17) is 5.11 Å². The maximum absolute atomic E-state index is 13.3. The Kier molecular flexibility index (Phi) is 3.23. The Morgan fingerprint density at radius 1 is 1.32 bits per heavy atom. The molecule has 0 aliphatic heterocycles. The van der Waals surface area contributed by atoms with Crippen LogP contribution in [0, 0.1) is 11.6 Å². The molecule has 0 unspecified atom stereocenters. The molecule has 0 atom stereocenters. The molecule has 0 bridgehead atoms. The van der Waals surface area contributed by atoms with Gasteiger partial charge in [0.1, 0.15) is 0 Å². The Labute approximate surface area is 104 Å². The predicted octanol–water partition coefficient (Wildman–Crippen LogP) is 1.90. The second-order valence-corrected chi connectivity index (χ2v) is 3.44. The van der Waals surface area contributed by atoms with Crippen LogP contribution < -0.4 is 5.32 Å². The Morgan fingerprint density at radius 2 is 2.05 bits per heavy atom. The number of carboxylic acids is 1. The maximum atomic E-state index is 13.3. The topological polar surface area (TPSA) is 92.4 Å². The van der Waals surface area contributed by atoms with Crippen LogP contribution in [0.25, 0.3) is 0 Å². The van der Waals surface area contributed by atoms with E-state index in [1.807, 2.05) is 0 Å². The number of aromatic carboxylic acids is 1. The van der Waals surface area contributed by atoms with Gasteiger partial charge in [-0.2, -0.15) is 0 Å². The summed E-state index contributed by atoms with van der Waals surface area (Å²) in [5.41, 5.74) is -0.745. The van der Waals surface area contributed by atoms with Crippen molar-refractivity contribution in [3.63, 3.8) is 0 Å². The number of benzene rings is 1. The summed E-state index contributed by atoms with van der Waals surface area (Å²) in [6.45, 7) is 0. The van der Waals surface area contributed by atoms with Gasteiger partial charge in [0.25, 0.3) is 5.91 Å². The largest absolute Gasteiger partial charge is 0.475 e. The molecular weight excluding hydrogens is 262 g/mol. The fourth-order valence-electron chi connectivity index (χ4n) is 1.27. The van der Waals surface area contributed by atoms with Gasteiger partial charge in [0.2, 0.25) is 5.76 Å². The van der Waals surface area contributed by atoms with Gasteiger partial charge in [-0.05, 0) is 12.1 Å². The van der Waals surface area contributed by atoms with Crippen molar-refractivity contribution in [3.05, 3.63) is 47.4 Å². The summed E-state index contributed by atoms with van der Waals surface area (Å²) in [7, 11) is 0. The molecule has 2 aromatic rings. The van der Waals surface area contributed by atoms with Crippen LogP contribution in [0.2, 0.25) is 0 Å². The lowest BCUT2D eigenvalue weighted by Gasteiger charge is -2.04. The van der Waals surface area contributed by atoms with Crippen molar-refractivity contribution in [2.45, 2.75) is 0 Å². The van der Waals surface area contributed by atoms with Crippen molar-refractivity contribution < 1.29 is 28.0 Å². The lowest BCUT2D eigenvalue weighted by Crippen LogP contribution is -2.13. The lowest BCUT2D eigenvalue weighted by molar-refractivity contribution is 0.0651. The van der Waals surface area contributed by atoms with Crippen molar-refractivity contribution in [3.8, 4) is 0 Å². The minimum absolute atomic E-state index is 0.360. The fourth-order valence-corrected chi connectivity index (χ4v) is 1.27. The molecule has 0 saturated heterocycles. The Bertz CT molecular complexity index is 654. The van der Waals surface area contributed by atoms with E-state index >= 15 is 0 Å². The third kappa shape index (κ3) is 2.57. The lowest BCUT2D eigenvalue weighted by atomic mass is 10.2. The average molecular weight is 268 g/mol. The summed E-state index contributed by atoms with van der Waals surface area (Å²) >= 11 is 0. The van der Waals surface area contributed by atoms with Crippen molar-refractivity contribution in [1.29, 1.82) is 0 Å². The summed E-state index contributed by atoms with van der Waals surface area (Å²) in [5, 5.41) is 13.8. The van der Waals surface area contributed by atoms with Crippen LogP contribution in [-0.4, -0.2) is 22.1 Å². The van der Waals surface area contributed by atoms with Gasteiger partial charge in [-0.3, -0.25) is 4.79 Å². The summed E-state index contributed by atoms with van der Waals surface area (Å²) in [4.78, 5) is 22.1. The zero-order valence-corrected chi connectivity index (χ0v) is 9.18. The highest BCUT2D eigenvalue weighted by Gasteiger charge is 2.18. The standard InChI is InChI=1S/C11H6F2N2O4/c12-5-2-1-3-6(9(5)13)14-10(16)7-4-8(11(17)18)19-15-7/h1-4H,(H,14,16)(H,17,18). The van der Waals surface area contributed by atoms with Crippen LogP contribution in [0.5, 0.6) is 0 Å². The minimum Gasteiger partial charge on any atom is -0.475 e. The van der Waals surface area contributed by atoms with Crippen LogP contribution in [-0.2, 0) is 0 Å². The van der Waals surface area contributed by atoms with E-state index in [-0.39, 0.29) is 11.4 Å². The number of aromatic nitrogens is 1. The molecule has 8 heteroatoms. The first-order chi connectivity index (χ1) is 8.99. The molecular formula is C11H6F2N2O4. The molecule has 1 aromatic carbocycles. The monoisotopic (exact) mass is 268 g/mol. The quantitative estimate of drug-likeness (QED) is 0.886. The van der Waals surface area contributed by atoms with Gasteiger partial charge in [0.15, 0.2) is 17.3 Å². The molecule has 0 aliphatic carbocycles. The number of hydrogen-bond donors (Lipinski definition) is 2. The molecule has 2 rings (SSSR count). The van der Waals surface area contributed by atoms with E-state index in [0.717, 1.165) is 18.2 Å². The number of halogens is 2. The van der Waals surface area contributed by atoms with Crippen LogP contribution in [0.4, 0.5) is 14.5 Å². The number of hydrogen-bond acceptors (Lipinski definition) is 4. The van der Waals surface area contributed by atoms with Crippen molar-refractivity contribution in [2.24, 2.45) is 0 Å². The molecule has 0 radical (unpaired) electrons. The number of carbonyl (C=O) groups excluding carboxylic acids is 1. The summed E-state index contributed by atoms with van der Waals surface area (Å²) in [6, 6.07) is 4.12. The highest BCUT2D eigenvalue weighted by molar-refractivity contribution is 6.03. The molecule has 98 valence electrons. The average Bonchev–Trinajstić information content (AvgIpc) is 2.84. The number of anilines is 1. The summed E-state index contributed by atoms with van der Waals surface area (Å²) in [6.07, 6.45) is 0. The molecule has 0 spiro atoms. The molecule has 2 N–H and O–H groups in total. The van der Waals surface area contributed by atoms with Gasteiger partial charge in [0, 0.05) is 6.07 Å². The van der Waals surface area contributed by atoms with E-state index in [9.17, 15) is 18.4 Å². The van der Waals surface area contributed by atoms with Gasteiger partial charge in [-0.1, -0.05) is 11.2 Å². The van der Waals surface area contributed by atoms with Crippen LogP contribution in [0.3, 0.4) is 0 Å². The zero-order chi connectivity index (χ0) is 14.0. The number of carboxylic acid groups (broad SMARTS) is 1. The van der Waals surface area contributed by atoms with Gasteiger partial charge in [-0.15, -0.1) is 0 Å². The normalized spacial score (nSPS) is 10.2. The smallest absolute Gasteiger partial charge is 0.374 e. The maximum Gasteiger partial charge on any atom is 0.374 e. The second kappa shape index (κ2) is 4.84. The van der Waals surface area contributed by atoms with Crippen molar-refractivity contribution in [1.82, 2.24) is 5.16 Å². The molecule has 0 fully saturated rings. The third-order valence-electron chi connectivity index (χ3n) is 2.15. The first-order valence-electron chi connectivity index (χ1n) is 4.94. The Hall–Kier alpha value is -2.77. The van der Waals surface area contributed by atoms with E-state index < -0.39 is 29.3 Å². The van der Waals surface area contributed by atoms with E-state index in [1.165, 1.54) is 6.07 Å². The van der Waals surface area contributed by atoms with E-state index in [2.05, 4.69) is 15.0 Å². The first-order valence-corrected chi connectivity index (χ1v) is 4.94. The molecule has 1 amide bonds. The van der Waals surface area contributed by atoms with Crippen LogP contribution >= 0.6 is 0 Å². The van der Waals surface area contributed by atoms with Crippen molar-refractivity contribution >= 4 is 17.6 Å². The van der Waals surface area contributed by atoms with Gasteiger partial charge >= 0.3 is 5.97 Å². The zero-order valence-electron chi connectivity index (χ0n) is 9.18. The minimum atomic E-state index is -1.40. The molecule has 6 nitrogen and oxygen atoms in total. The fraction of sp³-hybridized carbons (Fsp3) is 0. The van der Waals surface area contributed by atoms with Gasteiger partial charge in [-0.25, -0.2) is 13.6 Å². The van der Waals surface area contributed by atoms with E-state index in [1.54, 1.807) is 0 Å².